The second kappa shape index (κ2) is 6.35. The summed E-state index contributed by atoms with van der Waals surface area (Å²) in [5, 5.41) is 2.30. The molecule has 0 bridgehead atoms. The van der Waals surface area contributed by atoms with Crippen LogP contribution in [-0.2, 0) is 6.54 Å². The Labute approximate surface area is 152 Å². The topological polar surface area (TPSA) is 44.0 Å². The molecule has 0 aliphatic heterocycles. The summed E-state index contributed by atoms with van der Waals surface area (Å²) in [5.41, 5.74) is 1.23. The zero-order chi connectivity index (χ0) is 17.4. The van der Waals surface area contributed by atoms with Crippen LogP contribution >= 0.6 is 23.1 Å². The van der Waals surface area contributed by atoms with Crippen molar-refractivity contribution in [2.45, 2.75) is 6.54 Å². The zero-order valence-corrected chi connectivity index (χ0v) is 14.6. The number of benzene rings is 3. The van der Waals surface area contributed by atoms with Gasteiger partial charge in [0.15, 0.2) is 0 Å². The molecule has 0 radical (unpaired) electrons. The van der Waals surface area contributed by atoms with Gasteiger partial charge in [0, 0.05) is 27.3 Å². The molecule has 25 heavy (non-hydrogen) atoms. The Morgan fingerprint density at radius 2 is 1.52 bits per heavy atom. The van der Waals surface area contributed by atoms with Gasteiger partial charge in [-0.25, -0.2) is 13.3 Å². The molecule has 4 aromatic rings. The summed E-state index contributed by atoms with van der Waals surface area (Å²) in [7, 11) is 0. The van der Waals surface area contributed by atoms with Gasteiger partial charge >= 0.3 is 10.6 Å². The summed E-state index contributed by atoms with van der Waals surface area (Å²) in [6, 6.07) is 20.6. The van der Waals surface area contributed by atoms with Crippen LogP contribution in [0.15, 0.2) is 76.3 Å². The van der Waals surface area contributed by atoms with E-state index < -0.39 is 0 Å². The van der Waals surface area contributed by atoms with Crippen molar-refractivity contribution in [1.82, 2.24) is 8.52 Å². The monoisotopic (exact) mass is 368 g/mol. The number of rotatable bonds is 3. The first kappa shape index (κ1) is 15.9. The van der Waals surface area contributed by atoms with Crippen molar-refractivity contribution in [3.63, 3.8) is 0 Å². The number of nitrogens with zero attached hydrogens (tertiary/aromatic N) is 2. The first-order valence-corrected chi connectivity index (χ1v) is 8.85. The molecule has 0 spiro atoms. The van der Waals surface area contributed by atoms with E-state index >= 15 is 0 Å². The molecule has 4 nitrogen and oxygen atoms in total. The smallest absolute Gasteiger partial charge is 0.255 e. The van der Waals surface area contributed by atoms with Crippen LogP contribution in [0.4, 0.5) is 0 Å². The third kappa shape index (κ3) is 2.81. The van der Waals surface area contributed by atoms with Crippen molar-refractivity contribution in [3.05, 3.63) is 97.5 Å². The highest BCUT2D eigenvalue weighted by Gasteiger charge is 2.15. The minimum Gasteiger partial charge on any atom is -0.255 e. The van der Waals surface area contributed by atoms with Crippen LogP contribution in [0.5, 0.6) is 0 Å². The summed E-state index contributed by atoms with van der Waals surface area (Å²) in [6.45, 7) is 0.257. The zero-order valence-electron chi connectivity index (χ0n) is 13.1. The maximum atomic E-state index is 12.8. The van der Waals surface area contributed by atoms with E-state index in [1.807, 2.05) is 54.6 Å². The van der Waals surface area contributed by atoms with Crippen LogP contribution in [-0.4, -0.2) is 8.52 Å². The minimum atomic E-state index is -0.341. The van der Waals surface area contributed by atoms with Gasteiger partial charge in [0.05, 0.1) is 12.2 Å². The van der Waals surface area contributed by atoms with Gasteiger partial charge in [0.25, 0.3) is 0 Å². The molecule has 0 fully saturated rings. The minimum absolute atomic E-state index is 0.257. The first-order valence-electron chi connectivity index (χ1n) is 7.70. The van der Waals surface area contributed by atoms with Gasteiger partial charge in [0.1, 0.15) is 0 Å². The van der Waals surface area contributed by atoms with Crippen LogP contribution in [0.2, 0.25) is 5.02 Å². The second-order valence-corrected chi connectivity index (χ2v) is 6.92. The molecule has 0 saturated carbocycles. The standard InChI is InChI=1S/C19H13ClN2O2S/c20-16-10-11-17(15-9-5-4-8-14(15)16)22-18(23)21(19(24)25-22)12-13-6-2-1-3-7-13/h1-11H,12H2. The molecule has 6 heteroatoms. The molecule has 124 valence electrons. The molecular formula is C19H13ClN2O2S. The van der Waals surface area contributed by atoms with Gasteiger partial charge in [-0.15, -0.1) is 0 Å². The maximum absolute atomic E-state index is 12.8. The van der Waals surface area contributed by atoms with Gasteiger partial charge in [-0.2, -0.15) is 0 Å². The highest BCUT2D eigenvalue weighted by atomic mass is 35.5. The van der Waals surface area contributed by atoms with Crippen LogP contribution in [0.25, 0.3) is 16.5 Å². The molecule has 0 unspecified atom stereocenters. The van der Waals surface area contributed by atoms with Crippen molar-refractivity contribution < 1.29 is 0 Å². The van der Waals surface area contributed by atoms with E-state index in [4.69, 9.17) is 11.6 Å². The molecule has 3 aromatic carbocycles. The van der Waals surface area contributed by atoms with Crippen molar-refractivity contribution in [3.8, 4) is 5.69 Å². The number of fused-ring (bicyclic) bond motifs is 1. The van der Waals surface area contributed by atoms with Gasteiger partial charge in [0.2, 0.25) is 0 Å². The Hall–Kier alpha value is -2.63. The Kier molecular flexibility index (Phi) is 4.03. The summed E-state index contributed by atoms with van der Waals surface area (Å²) >= 11 is 7.15. The second-order valence-electron chi connectivity index (χ2n) is 5.62. The molecule has 4 rings (SSSR count). The molecule has 0 atom stereocenters. The van der Waals surface area contributed by atoms with Crippen LogP contribution in [0.3, 0.4) is 0 Å². The lowest BCUT2D eigenvalue weighted by atomic mass is 10.1. The third-order valence-electron chi connectivity index (χ3n) is 4.04. The predicted molar refractivity (Wildman–Crippen MR) is 102 cm³/mol. The van der Waals surface area contributed by atoms with Crippen molar-refractivity contribution in [2.75, 3.05) is 0 Å². The Morgan fingerprint density at radius 1 is 0.840 bits per heavy atom. The number of aromatic nitrogens is 2. The number of hydrogen-bond acceptors (Lipinski definition) is 3. The third-order valence-corrected chi connectivity index (χ3v) is 5.29. The van der Waals surface area contributed by atoms with E-state index in [-0.39, 0.29) is 17.1 Å². The van der Waals surface area contributed by atoms with E-state index in [0.717, 1.165) is 27.9 Å². The van der Waals surface area contributed by atoms with Crippen LogP contribution < -0.4 is 10.6 Å². The Balaban J connectivity index is 1.89. The Morgan fingerprint density at radius 3 is 2.28 bits per heavy atom. The van der Waals surface area contributed by atoms with Gasteiger partial charge in [-0.1, -0.05) is 66.2 Å². The number of hydrogen-bond donors (Lipinski definition) is 0. The SMILES string of the molecule is O=c1sn(-c2ccc(Cl)c3ccccc23)c(=O)n1Cc1ccccc1. The largest absolute Gasteiger partial charge is 0.346 e. The quantitative estimate of drug-likeness (QED) is 0.550. The van der Waals surface area contributed by atoms with Gasteiger partial charge in [-0.3, -0.25) is 4.79 Å². The van der Waals surface area contributed by atoms with E-state index in [1.54, 1.807) is 12.1 Å². The first-order chi connectivity index (χ1) is 12.1. The summed E-state index contributed by atoms with van der Waals surface area (Å²) in [4.78, 5) is 24.9. The van der Waals surface area contributed by atoms with Crippen molar-refractivity contribution >= 4 is 33.9 Å². The fraction of sp³-hybridized carbons (Fsp3) is 0.0526. The normalized spacial score (nSPS) is 11.1. The van der Waals surface area contributed by atoms with Crippen molar-refractivity contribution in [2.24, 2.45) is 0 Å². The summed E-state index contributed by atoms with van der Waals surface area (Å²) < 4.78 is 2.69. The highest BCUT2D eigenvalue weighted by Crippen LogP contribution is 2.28. The Bertz CT molecular complexity index is 1180. The van der Waals surface area contributed by atoms with Gasteiger partial charge in [-0.05, 0) is 17.7 Å². The lowest BCUT2D eigenvalue weighted by Crippen LogP contribution is -2.28. The summed E-state index contributed by atoms with van der Waals surface area (Å²) in [5.74, 6) is 0. The fourth-order valence-corrected chi connectivity index (χ4v) is 3.89. The van der Waals surface area contributed by atoms with E-state index in [0.29, 0.717) is 10.7 Å². The molecule has 1 heterocycles. The average Bonchev–Trinajstić information content (AvgIpc) is 2.91. The van der Waals surface area contributed by atoms with Gasteiger partial charge < -0.3 is 0 Å². The highest BCUT2D eigenvalue weighted by molar-refractivity contribution is 7.04. The van der Waals surface area contributed by atoms with E-state index in [1.165, 1.54) is 8.52 Å². The lowest BCUT2D eigenvalue weighted by Gasteiger charge is -2.07. The molecule has 0 saturated heterocycles. The predicted octanol–water partition coefficient (Wildman–Crippen LogP) is 3.92. The molecule has 0 N–H and O–H groups in total. The van der Waals surface area contributed by atoms with E-state index in [2.05, 4.69) is 0 Å². The van der Waals surface area contributed by atoms with E-state index in [9.17, 15) is 9.59 Å². The van der Waals surface area contributed by atoms with Crippen molar-refractivity contribution in [1.29, 1.82) is 0 Å². The molecule has 1 aromatic heterocycles. The summed E-state index contributed by atoms with van der Waals surface area (Å²) in [6.07, 6.45) is 0. The molecule has 0 aliphatic carbocycles. The van der Waals surface area contributed by atoms with Crippen LogP contribution in [0, 0.1) is 0 Å². The van der Waals surface area contributed by atoms with Crippen LogP contribution in [0.1, 0.15) is 5.56 Å². The molecular weight excluding hydrogens is 356 g/mol. The number of halogens is 1. The molecule has 0 aliphatic rings. The maximum Gasteiger partial charge on any atom is 0.346 e. The lowest BCUT2D eigenvalue weighted by molar-refractivity contribution is 0.723. The molecule has 0 amide bonds. The fourth-order valence-electron chi connectivity index (χ4n) is 2.83. The average molecular weight is 369 g/mol.